The molecule has 3 aromatic rings. The Hall–Kier alpha value is -3.22. The first-order valence-electron chi connectivity index (χ1n) is 9.51. The predicted molar refractivity (Wildman–Crippen MR) is 105 cm³/mol. The van der Waals surface area contributed by atoms with E-state index in [1.165, 1.54) is 0 Å². The Labute approximate surface area is 163 Å². The number of pyridine rings is 1. The standard InChI is InChI=1S/C21H23N5O2/c1-28-17-10-8-15(9-11-17)13-23-21(27)18-6-2-3-7-19-24-25-20(26(18)19)16-5-4-12-22-14-16/h4-5,8-12,14,18H,2-3,6-7,13H2,1H3,(H,23,27). The summed E-state index contributed by atoms with van der Waals surface area (Å²) < 4.78 is 7.17. The van der Waals surface area contributed by atoms with Crippen LogP contribution in [0.5, 0.6) is 5.75 Å². The second-order valence-electron chi connectivity index (χ2n) is 6.88. The Morgan fingerprint density at radius 2 is 2.07 bits per heavy atom. The van der Waals surface area contributed by atoms with Crippen LogP contribution in [0.1, 0.15) is 36.7 Å². The first-order chi connectivity index (χ1) is 13.8. The zero-order chi connectivity index (χ0) is 19.3. The number of hydrogen-bond donors (Lipinski definition) is 1. The third-order valence-electron chi connectivity index (χ3n) is 5.05. The molecule has 0 bridgehead atoms. The van der Waals surface area contributed by atoms with E-state index in [0.29, 0.717) is 12.4 Å². The molecule has 4 rings (SSSR count). The maximum Gasteiger partial charge on any atom is 0.243 e. The average molecular weight is 377 g/mol. The fourth-order valence-electron chi connectivity index (χ4n) is 3.56. The quantitative estimate of drug-likeness (QED) is 0.739. The lowest BCUT2D eigenvalue weighted by molar-refractivity contribution is -0.124. The van der Waals surface area contributed by atoms with Crippen molar-refractivity contribution in [1.29, 1.82) is 0 Å². The molecule has 7 nitrogen and oxygen atoms in total. The molecule has 1 unspecified atom stereocenters. The SMILES string of the molecule is COc1ccc(CNC(=O)C2CCCCc3nnc(-c4cccnc4)n32)cc1. The molecule has 1 aliphatic heterocycles. The van der Waals surface area contributed by atoms with Gasteiger partial charge >= 0.3 is 0 Å². The Morgan fingerprint density at radius 3 is 2.82 bits per heavy atom. The molecule has 1 aliphatic rings. The van der Waals surface area contributed by atoms with Crippen LogP contribution in [0, 0.1) is 0 Å². The lowest BCUT2D eigenvalue weighted by Gasteiger charge is -2.19. The van der Waals surface area contributed by atoms with E-state index >= 15 is 0 Å². The van der Waals surface area contributed by atoms with E-state index < -0.39 is 0 Å². The highest BCUT2D eigenvalue weighted by Gasteiger charge is 2.29. The number of nitrogens with zero attached hydrogens (tertiary/aromatic N) is 4. The van der Waals surface area contributed by atoms with Gasteiger partial charge < -0.3 is 10.1 Å². The van der Waals surface area contributed by atoms with E-state index in [2.05, 4.69) is 20.5 Å². The number of carbonyl (C=O) groups is 1. The monoisotopic (exact) mass is 377 g/mol. The minimum absolute atomic E-state index is 0.0103. The molecule has 0 aliphatic carbocycles. The van der Waals surface area contributed by atoms with Crippen LogP contribution < -0.4 is 10.1 Å². The Bertz CT molecular complexity index is 937. The molecule has 0 spiro atoms. The van der Waals surface area contributed by atoms with Crippen molar-refractivity contribution in [2.45, 2.75) is 38.3 Å². The van der Waals surface area contributed by atoms with Crippen LogP contribution in [0.25, 0.3) is 11.4 Å². The predicted octanol–water partition coefficient (Wildman–Crippen LogP) is 2.93. The molecule has 28 heavy (non-hydrogen) atoms. The highest BCUT2D eigenvalue weighted by atomic mass is 16.5. The van der Waals surface area contributed by atoms with Crippen molar-refractivity contribution < 1.29 is 9.53 Å². The highest BCUT2D eigenvalue weighted by molar-refractivity contribution is 5.81. The number of nitrogens with one attached hydrogen (secondary N) is 1. The minimum Gasteiger partial charge on any atom is -0.497 e. The van der Waals surface area contributed by atoms with Crippen molar-refractivity contribution in [1.82, 2.24) is 25.1 Å². The summed E-state index contributed by atoms with van der Waals surface area (Å²) in [6, 6.07) is 11.2. The van der Waals surface area contributed by atoms with E-state index in [0.717, 1.165) is 48.4 Å². The molecule has 1 aromatic carbocycles. The van der Waals surface area contributed by atoms with E-state index in [1.807, 2.05) is 41.0 Å². The Balaban J connectivity index is 1.56. The summed E-state index contributed by atoms with van der Waals surface area (Å²) in [5.41, 5.74) is 1.90. The third-order valence-corrected chi connectivity index (χ3v) is 5.05. The molecule has 1 atom stereocenters. The van der Waals surface area contributed by atoms with Crippen molar-refractivity contribution in [3.63, 3.8) is 0 Å². The number of carbonyl (C=O) groups excluding carboxylic acids is 1. The van der Waals surface area contributed by atoms with Crippen molar-refractivity contribution in [3.8, 4) is 17.1 Å². The summed E-state index contributed by atoms with van der Waals surface area (Å²) in [5, 5.41) is 11.8. The summed E-state index contributed by atoms with van der Waals surface area (Å²) >= 11 is 0. The van der Waals surface area contributed by atoms with Gasteiger partial charge in [-0.3, -0.25) is 14.3 Å². The van der Waals surface area contributed by atoms with Crippen molar-refractivity contribution >= 4 is 5.91 Å². The first kappa shape index (κ1) is 18.2. The number of aromatic nitrogens is 4. The number of methoxy groups -OCH3 is 1. The van der Waals surface area contributed by atoms with E-state index in [4.69, 9.17) is 4.74 Å². The van der Waals surface area contributed by atoms with Gasteiger partial charge in [0.05, 0.1) is 7.11 Å². The van der Waals surface area contributed by atoms with Crippen LogP contribution in [-0.4, -0.2) is 32.8 Å². The lowest BCUT2D eigenvalue weighted by Crippen LogP contribution is -2.32. The number of ether oxygens (including phenoxy) is 1. The average Bonchev–Trinajstić information content (AvgIpc) is 3.05. The van der Waals surface area contributed by atoms with Gasteiger partial charge in [0.25, 0.3) is 0 Å². The van der Waals surface area contributed by atoms with Crippen molar-refractivity contribution in [2.24, 2.45) is 0 Å². The fraction of sp³-hybridized carbons (Fsp3) is 0.333. The number of fused-ring (bicyclic) bond motifs is 1. The molecule has 1 N–H and O–H groups in total. The van der Waals surface area contributed by atoms with Crippen LogP contribution in [0.4, 0.5) is 0 Å². The van der Waals surface area contributed by atoms with Crippen LogP contribution in [0.3, 0.4) is 0 Å². The summed E-state index contributed by atoms with van der Waals surface area (Å²) in [6.07, 6.45) is 7.07. The number of aryl methyl sites for hydroxylation is 1. The second-order valence-corrected chi connectivity index (χ2v) is 6.88. The van der Waals surface area contributed by atoms with Gasteiger partial charge in [0.2, 0.25) is 5.91 Å². The van der Waals surface area contributed by atoms with Crippen LogP contribution in [-0.2, 0) is 17.8 Å². The Morgan fingerprint density at radius 1 is 1.21 bits per heavy atom. The summed E-state index contributed by atoms with van der Waals surface area (Å²) in [5.74, 6) is 2.36. The number of amides is 1. The van der Waals surface area contributed by atoms with E-state index in [9.17, 15) is 4.79 Å². The first-order valence-corrected chi connectivity index (χ1v) is 9.51. The normalized spacial score (nSPS) is 16.1. The third kappa shape index (κ3) is 3.74. The fourth-order valence-corrected chi connectivity index (χ4v) is 3.56. The minimum atomic E-state index is -0.319. The van der Waals surface area contributed by atoms with Gasteiger partial charge in [0, 0.05) is 30.9 Å². The van der Waals surface area contributed by atoms with Crippen LogP contribution >= 0.6 is 0 Å². The van der Waals surface area contributed by atoms with Gasteiger partial charge in [0.1, 0.15) is 17.6 Å². The summed E-state index contributed by atoms with van der Waals surface area (Å²) in [7, 11) is 1.64. The van der Waals surface area contributed by atoms with E-state index in [-0.39, 0.29) is 11.9 Å². The van der Waals surface area contributed by atoms with E-state index in [1.54, 1.807) is 19.5 Å². The van der Waals surface area contributed by atoms with Gasteiger partial charge in [-0.15, -0.1) is 10.2 Å². The zero-order valence-electron chi connectivity index (χ0n) is 15.8. The zero-order valence-corrected chi connectivity index (χ0v) is 15.8. The van der Waals surface area contributed by atoms with Gasteiger partial charge in [0.15, 0.2) is 5.82 Å². The summed E-state index contributed by atoms with van der Waals surface area (Å²) in [6.45, 7) is 0.471. The number of hydrogen-bond acceptors (Lipinski definition) is 5. The smallest absolute Gasteiger partial charge is 0.243 e. The topological polar surface area (TPSA) is 81.9 Å². The maximum atomic E-state index is 13.1. The van der Waals surface area contributed by atoms with Crippen molar-refractivity contribution in [3.05, 3.63) is 60.2 Å². The van der Waals surface area contributed by atoms with Crippen molar-refractivity contribution in [2.75, 3.05) is 7.11 Å². The van der Waals surface area contributed by atoms with Crippen LogP contribution in [0.15, 0.2) is 48.8 Å². The molecule has 2 aromatic heterocycles. The molecule has 0 radical (unpaired) electrons. The molecule has 7 heteroatoms. The molecule has 0 fully saturated rings. The van der Waals surface area contributed by atoms with Gasteiger partial charge in [-0.1, -0.05) is 18.6 Å². The molecular weight excluding hydrogens is 354 g/mol. The molecule has 0 saturated heterocycles. The molecule has 144 valence electrons. The molecule has 0 saturated carbocycles. The molecule has 1 amide bonds. The molecular formula is C21H23N5O2. The second kappa shape index (κ2) is 8.21. The van der Waals surface area contributed by atoms with Gasteiger partial charge in [-0.2, -0.15) is 0 Å². The maximum absolute atomic E-state index is 13.1. The largest absolute Gasteiger partial charge is 0.497 e. The number of benzene rings is 1. The van der Waals surface area contributed by atoms with Gasteiger partial charge in [-0.05, 0) is 42.7 Å². The molecule has 3 heterocycles. The van der Waals surface area contributed by atoms with Crippen LogP contribution in [0.2, 0.25) is 0 Å². The lowest BCUT2D eigenvalue weighted by atomic mass is 10.1. The van der Waals surface area contributed by atoms with Gasteiger partial charge in [-0.25, -0.2) is 0 Å². The highest BCUT2D eigenvalue weighted by Crippen LogP contribution is 2.29. The number of rotatable bonds is 5. The summed E-state index contributed by atoms with van der Waals surface area (Å²) in [4.78, 5) is 17.2. The Kier molecular flexibility index (Phi) is 5.32.